The van der Waals surface area contributed by atoms with Crippen LogP contribution in [0.25, 0.3) is 0 Å². The molecule has 0 radical (unpaired) electrons. The number of fused-ring (bicyclic) bond motifs is 1. The summed E-state index contributed by atoms with van der Waals surface area (Å²) >= 11 is 0. The highest BCUT2D eigenvalue weighted by atomic mass is 19.1. The molecule has 0 spiro atoms. The van der Waals surface area contributed by atoms with Gasteiger partial charge in [0.25, 0.3) is 5.91 Å². The number of carbonyl (C=O) groups is 2. The molecule has 2 aromatic rings. The number of carbonyl (C=O) groups excluding carboxylic acids is 2. The van der Waals surface area contributed by atoms with E-state index in [0.717, 1.165) is 22.8 Å². The smallest absolute Gasteiger partial charge is 0.258 e. The van der Waals surface area contributed by atoms with Crippen LogP contribution >= 0.6 is 0 Å². The van der Waals surface area contributed by atoms with E-state index in [1.807, 2.05) is 43.4 Å². The van der Waals surface area contributed by atoms with Gasteiger partial charge in [-0.05, 0) is 24.3 Å². The molecule has 2 aromatic carbocycles. The van der Waals surface area contributed by atoms with Crippen molar-refractivity contribution in [2.24, 2.45) is 0 Å². The fraction of sp³-hybridized carbons (Fsp3) is 0.304. The Kier molecular flexibility index (Phi) is 5.65. The van der Waals surface area contributed by atoms with Crippen molar-refractivity contribution < 1.29 is 14.0 Å². The lowest BCUT2D eigenvalue weighted by molar-refractivity contribution is -0.120. The maximum absolute atomic E-state index is 14.7. The van der Waals surface area contributed by atoms with Gasteiger partial charge in [-0.3, -0.25) is 14.6 Å². The molecule has 0 saturated carbocycles. The summed E-state index contributed by atoms with van der Waals surface area (Å²) < 4.78 is 14.7. The van der Waals surface area contributed by atoms with Gasteiger partial charge in [0.15, 0.2) is 0 Å². The van der Waals surface area contributed by atoms with E-state index in [1.165, 1.54) is 6.07 Å². The number of nitrogens with one attached hydrogen (secondary N) is 2. The summed E-state index contributed by atoms with van der Waals surface area (Å²) in [5, 5.41) is 10.2. The number of nitrogens with zero attached hydrogens (tertiary/aromatic N) is 3. The second-order valence-electron chi connectivity index (χ2n) is 7.76. The molecule has 0 unspecified atom stereocenters. The molecule has 31 heavy (non-hydrogen) atoms. The molecule has 0 bridgehead atoms. The molecule has 4 rings (SSSR count). The van der Waals surface area contributed by atoms with E-state index in [0.29, 0.717) is 25.1 Å². The number of hydrogen-bond acceptors (Lipinski definition) is 5. The Morgan fingerprint density at radius 1 is 1.13 bits per heavy atom. The largest absolute Gasteiger partial charge is 0.352 e. The van der Waals surface area contributed by atoms with Crippen LogP contribution in [0.2, 0.25) is 0 Å². The highest BCUT2D eigenvalue weighted by Crippen LogP contribution is 2.35. The molecule has 2 heterocycles. The van der Waals surface area contributed by atoms with Crippen LogP contribution in [0.5, 0.6) is 0 Å². The lowest BCUT2D eigenvalue weighted by Crippen LogP contribution is -2.35. The Hall–Kier alpha value is -3.39. The van der Waals surface area contributed by atoms with Crippen LogP contribution in [0.3, 0.4) is 0 Å². The van der Waals surface area contributed by atoms with E-state index in [2.05, 4.69) is 15.6 Å². The van der Waals surface area contributed by atoms with Crippen molar-refractivity contribution in [3.63, 3.8) is 0 Å². The molecule has 2 aliphatic heterocycles. The minimum absolute atomic E-state index is 0.0956. The van der Waals surface area contributed by atoms with E-state index in [-0.39, 0.29) is 23.9 Å². The lowest BCUT2D eigenvalue weighted by Gasteiger charge is -2.27. The Bertz CT molecular complexity index is 1070. The number of halogens is 1. The SMILES string of the molecule is CCC(=O)NCc1ccc(C(=O)N2CC3=C(Nc4ccccc42)N(C)N(C)C3)cc1F. The Morgan fingerprint density at radius 2 is 1.90 bits per heavy atom. The van der Waals surface area contributed by atoms with Crippen molar-refractivity contribution in [3.05, 3.63) is 70.8 Å². The molecule has 7 nitrogen and oxygen atoms in total. The van der Waals surface area contributed by atoms with E-state index in [1.54, 1.807) is 24.0 Å². The van der Waals surface area contributed by atoms with Crippen LogP contribution in [-0.4, -0.2) is 49.0 Å². The first-order valence-electron chi connectivity index (χ1n) is 10.3. The van der Waals surface area contributed by atoms with E-state index >= 15 is 0 Å². The highest BCUT2D eigenvalue weighted by Gasteiger charge is 2.32. The average molecular weight is 423 g/mol. The summed E-state index contributed by atoms with van der Waals surface area (Å²) in [7, 11) is 3.96. The number of rotatable bonds is 4. The third kappa shape index (κ3) is 3.98. The van der Waals surface area contributed by atoms with Gasteiger partial charge in [0.1, 0.15) is 11.6 Å². The zero-order valence-electron chi connectivity index (χ0n) is 17.9. The molecular weight excluding hydrogens is 397 g/mol. The Morgan fingerprint density at radius 3 is 2.65 bits per heavy atom. The van der Waals surface area contributed by atoms with Crippen molar-refractivity contribution >= 4 is 23.2 Å². The predicted molar refractivity (Wildman–Crippen MR) is 118 cm³/mol. The van der Waals surface area contributed by atoms with Crippen LogP contribution in [0.4, 0.5) is 15.8 Å². The molecule has 162 valence electrons. The van der Waals surface area contributed by atoms with Gasteiger partial charge in [0.2, 0.25) is 5.91 Å². The van der Waals surface area contributed by atoms with E-state index in [9.17, 15) is 14.0 Å². The second-order valence-corrected chi connectivity index (χ2v) is 7.76. The monoisotopic (exact) mass is 423 g/mol. The first-order valence-corrected chi connectivity index (χ1v) is 10.3. The fourth-order valence-corrected chi connectivity index (χ4v) is 3.85. The molecule has 0 aromatic heterocycles. The number of likely N-dealkylation sites (N-methyl/N-ethyl adjacent to an activating group) is 1. The molecule has 0 saturated heterocycles. The topological polar surface area (TPSA) is 67.9 Å². The zero-order valence-corrected chi connectivity index (χ0v) is 17.9. The maximum atomic E-state index is 14.7. The molecule has 2 N–H and O–H groups in total. The van der Waals surface area contributed by atoms with Gasteiger partial charge in [-0.15, -0.1) is 0 Å². The average Bonchev–Trinajstić information content (AvgIpc) is 2.94. The summed E-state index contributed by atoms with van der Waals surface area (Å²) in [5.41, 5.74) is 3.26. The molecular formula is C23H26FN5O2. The molecule has 2 amide bonds. The molecule has 0 fully saturated rings. The number of hydrazine groups is 1. The normalized spacial score (nSPS) is 15.9. The predicted octanol–water partition coefficient (Wildman–Crippen LogP) is 2.93. The molecule has 0 aliphatic carbocycles. The molecule has 2 aliphatic rings. The quantitative estimate of drug-likeness (QED) is 0.792. The van der Waals surface area contributed by atoms with Crippen LogP contribution in [0.1, 0.15) is 29.3 Å². The summed E-state index contributed by atoms with van der Waals surface area (Å²) in [6, 6.07) is 12.0. The summed E-state index contributed by atoms with van der Waals surface area (Å²) in [4.78, 5) is 26.6. The number of benzene rings is 2. The van der Waals surface area contributed by atoms with Gasteiger partial charge >= 0.3 is 0 Å². The van der Waals surface area contributed by atoms with Gasteiger partial charge in [-0.1, -0.05) is 25.1 Å². The fourth-order valence-electron chi connectivity index (χ4n) is 3.85. The Balaban J connectivity index is 1.64. The Labute approximate surface area is 181 Å². The van der Waals surface area contributed by atoms with Gasteiger partial charge < -0.3 is 15.5 Å². The van der Waals surface area contributed by atoms with E-state index < -0.39 is 5.82 Å². The van der Waals surface area contributed by atoms with Crippen LogP contribution in [0.15, 0.2) is 53.9 Å². The minimum Gasteiger partial charge on any atom is -0.352 e. The second kappa shape index (κ2) is 8.39. The van der Waals surface area contributed by atoms with Gasteiger partial charge in [0.05, 0.1) is 17.9 Å². The third-order valence-electron chi connectivity index (χ3n) is 5.73. The van der Waals surface area contributed by atoms with E-state index in [4.69, 9.17) is 0 Å². The number of para-hydroxylation sites is 2. The molecule has 0 atom stereocenters. The van der Waals surface area contributed by atoms with Crippen LogP contribution < -0.4 is 15.5 Å². The highest BCUT2D eigenvalue weighted by molar-refractivity contribution is 6.08. The van der Waals surface area contributed by atoms with Crippen molar-refractivity contribution in [1.82, 2.24) is 15.3 Å². The summed E-state index contributed by atoms with van der Waals surface area (Å²) in [6.45, 7) is 2.93. The minimum atomic E-state index is -0.510. The van der Waals surface area contributed by atoms with Gasteiger partial charge in [-0.2, -0.15) is 0 Å². The van der Waals surface area contributed by atoms with Crippen molar-refractivity contribution in [3.8, 4) is 0 Å². The maximum Gasteiger partial charge on any atom is 0.258 e. The van der Waals surface area contributed by atoms with Crippen molar-refractivity contribution in [2.45, 2.75) is 19.9 Å². The third-order valence-corrected chi connectivity index (χ3v) is 5.73. The van der Waals surface area contributed by atoms with Crippen molar-refractivity contribution in [1.29, 1.82) is 0 Å². The first-order chi connectivity index (χ1) is 14.9. The number of hydrogen-bond donors (Lipinski definition) is 2. The standard InChI is InChI=1S/C23H26FN5O2/c1-4-21(30)25-12-16-10-9-15(11-18(16)24)23(31)29-14-17-13-27(2)28(3)22(17)26-19-7-5-6-8-20(19)29/h5-11,26H,4,12-14H2,1-3H3,(H,25,30). The number of amides is 2. The summed E-state index contributed by atoms with van der Waals surface area (Å²) in [6.07, 6.45) is 0.336. The zero-order chi connectivity index (χ0) is 22.1. The molecule has 8 heteroatoms. The first kappa shape index (κ1) is 20.9. The number of anilines is 2. The van der Waals surface area contributed by atoms with Gasteiger partial charge in [-0.25, -0.2) is 9.40 Å². The van der Waals surface area contributed by atoms with Crippen LogP contribution in [-0.2, 0) is 11.3 Å². The van der Waals surface area contributed by atoms with Crippen molar-refractivity contribution in [2.75, 3.05) is 37.4 Å². The van der Waals surface area contributed by atoms with Crippen LogP contribution in [0, 0.1) is 5.82 Å². The summed E-state index contributed by atoms with van der Waals surface area (Å²) in [5.74, 6) is 0.0224. The van der Waals surface area contributed by atoms with Gasteiger partial charge in [0, 0.05) is 50.3 Å². The lowest BCUT2D eigenvalue weighted by atomic mass is 10.1.